The predicted octanol–water partition coefficient (Wildman–Crippen LogP) is 3.19. The van der Waals surface area contributed by atoms with Crippen molar-refractivity contribution in [2.24, 2.45) is 0 Å². The summed E-state index contributed by atoms with van der Waals surface area (Å²) in [6.07, 6.45) is 1.45. The number of ether oxygens (including phenoxy) is 2. The Hall–Kier alpha value is -2.22. The van der Waals surface area contributed by atoms with Crippen molar-refractivity contribution in [2.45, 2.75) is 20.1 Å². The third-order valence-electron chi connectivity index (χ3n) is 3.65. The lowest BCUT2D eigenvalue weighted by molar-refractivity contribution is -0.131. The highest BCUT2D eigenvalue weighted by Crippen LogP contribution is 2.23. The molecule has 0 aliphatic rings. The van der Waals surface area contributed by atoms with Gasteiger partial charge in [0.05, 0.1) is 12.2 Å². The number of nitrogens with zero attached hydrogens (tertiary/aromatic N) is 2. The van der Waals surface area contributed by atoms with Crippen LogP contribution in [0.2, 0.25) is 0 Å². The molecule has 6 nitrogen and oxygen atoms in total. The molecule has 0 fully saturated rings. The van der Waals surface area contributed by atoms with Crippen molar-refractivity contribution < 1.29 is 14.3 Å². The fourth-order valence-electron chi connectivity index (χ4n) is 2.50. The van der Waals surface area contributed by atoms with Crippen LogP contribution in [-0.2, 0) is 9.47 Å². The van der Waals surface area contributed by atoms with Crippen LogP contribution in [0.15, 0.2) is 41.9 Å². The highest BCUT2D eigenvalue weighted by molar-refractivity contribution is 7.15. The van der Waals surface area contributed by atoms with Crippen molar-refractivity contribution in [1.29, 1.82) is 0 Å². The summed E-state index contributed by atoms with van der Waals surface area (Å²) in [6.45, 7) is 5.16. The molecule has 0 spiro atoms. The minimum absolute atomic E-state index is 0.173. The Morgan fingerprint density at radius 3 is 2.64 bits per heavy atom. The smallest absolute Gasteiger partial charge is 0.269 e. The van der Waals surface area contributed by atoms with Crippen LogP contribution >= 0.6 is 11.3 Å². The molecule has 0 saturated heterocycles. The molecule has 0 aliphatic heterocycles. The quantitative estimate of drug-likeness (QED) is 0.627. The number of rotatable bonds is 8. The van der Waals surface area contributed by atoms with Gasteiger partial charge in [-0.3, -0.25) is 9.20 Å². The molecule has 0 atom stereocenters. The fourth-order valence-corrected chi connectivity index (χ4v) is 3.35. The second kappa shape index (κ2) is 8.24. The van der Waals surface area contributed by atoms with Crippen LogP contribution in [0.25, 0.3) is 16.2 Å². The summed E-state index contributed by atoms with van der Waals surface area (Å²) in [5.41, 5.74) is 2.43. The van der Waals surface area contributed by atoms with Crippen LogP contribution in [0, 0.1) is 0 Å². The number of nitrogens with one attached hydrogen (secondary N) is 1. The number of fused-ring (bicyclic) bond motifs is 1. The Morgan fingerprint density at radius 2 is 1.96 bits per heavy atom. The summed E-state index contributed by atoms with van der Waals surface area (Å²) in [5, 5.41) is 4.67. The summed E-state index contributed by atoms with van der Waals surface area (Å²) in [7, 11) is 0. The lowest BCUT2D eigenvalue weighted by atomic mass is 10.2. The molecule has 1 N–H and O–H groups in total. The van der Waals surface area contributed by atoms with Gasteiger partial charge in [0.25, 0.3) is 5.91 Å². The molecule has 1 aromatic carbocycles. The van der Waals surface area contributed by atoms with E-state index in [1.165, 1.54) is 11.3 Å². The zero-order chi connectivity index (χ0) is 17.6. The van der Waals surface area contributed by atoms with Gasteiger partial charge in [0.2, 0.25) is 0 Å². The molecule has 7 heteroatoms. The van der Waals surface area contributed by atoms with Crippen molar-refractivity contribution in [3.63, 3.8) is 0 Å². The first-order valence-corrected chi connectivity index (χ1v) is 9.14. The molecule has 3 rings (SSSR count). The normalized spacial score (nSPS) is 11.3. The van der Waals surface area contributed by atoms with E-state index in [1.807, 2.05) is 60.2 Å². The van der Waals surface area contributed by atoms with Gasteiger partial charge in [-0.15, -0.1) is 11.3 Å². The second-order valence-corrected chi connectivity index (χ2v) is 6.15. The average Bonchev–Trinajstić information content (AvgIpc) is 3.21. The molecule has 0 saturated carbocycles. The maximum Gasteiger partial charge on any atom is 0.269 e. The third kappa shape index (κ3) is 4.07. The number of imidazole rings is 1. The van der Waals surface area contributed by atoms with Crippen LogP contribution in [-0.4, -0.2) is 41.3 Å². The zero-order valence-corrected chi connectivity index (χ0v) is 15.1. The van der Waals surface area contributed by atoms with Gasteiger partial charge in [-0.05, 0) is 13.8 Å². The van der Waals surface area contributed by atoms with Crippen LogP contribution < -0.4 is 5.32 Å². The van der Waals surface area contributed by atoms with E-state index >= 15 is 0 Å². The molecule has 2 aromatic heterocycles. The van der Waals surface area contributed by atoms with Crippen molar-refractivity contribution in [1.82, 2.24) is 14.7 Å². The van der Waals surface area contributed by atoms with Gasteiger partial charge in [0.15, 0.2) is 11.3 Å². The lowest BCUT2D eigenvalue weighted by Crippen LogP contribution is -2.35. The number of aromatic nitrogens is 2. The maximum atomic E-state index is 12.5. The first-order valence-electron chi connectivity index (χ1n) is 8.26. The first-order chi connectivity index (χ1) is 12.2. The summed E-state index contributed by atoms with van der Waals surface area (Å²) < 4.78 is 12.7. The molecule has 132 valence electrons. The van der Waals surface area contributed by atoms with Crippen molar-refractivity contribution in [3.05, 3.63) is 47.6 Å². The second-order valence-electron chi connectivity index (χ2n) is 5.32. The van der Waals surface area contributed by atoms with Gasteiger partial charge >= 0.3 is 0 Å². The Morgan fingerprint density at radius 1 is 1.24 bits per heavy atom. The van der Waals surface area contributed by atoms with E-state index in [-0.39, 0.29) is 5.91 Å². The molecule has 0 radical (unpaired) electrons. The van der Waals surface area contributed by atoms with E-state index in [0.717, 1.165) is 16.2 Å². The Kier molecular flexibility index (Phi) is 5.80. The predicted molar refractivity (Wildman–Crippen MR) is 97.9 cm³/mol. The van der Waals surface area contributed by atoms with Gasteiger partial charge in [-0.2, -0.15) is 0 Å². The van der Waals surface area contributed by atoms with Crippen molar-refractivity contribution in [2.75, 3.05) is 19.8 Å². The van der Waals surface area contributed by atoms with E-state index in [9.17, 15) is 4.79 Å². The molecule has 0 unspecified atom stereocenters. The zero-order valence-electron chi connectivity index (χ0n) is 14.3. The van der Waals surface area contributed by atoms with Crippen LogP contribution in [0.5, 0.6) is 0 Å². The van der Waals surface area contributed by atoms with Crippen LogP contribution in [0.4, 0.5) is 0 Å². The van der Waals surface area contributed by atoms with Gasteiger partial charge in [-0.1, -0.05) is 30.3 Å². The summed E-state index contributed by atoms with van der Waals surface area (Å²) in [4.78, 5) is 17.9. The minimum atomic E-state index is -0.434. The molecule has 3 aromatic rings. The number of hydrogen-bond acceptors (Lipinski definition) is 5. The van der Waals surface area contributed by atoms with Gasteiger partial charge in [0, 0.05) is 30.4 Å². The molecular weight excluding hydrogens is 338 g/mol. The number of carbonyl (C=O) groups excluding carboxylic acids is 1. The minimum Gasteiger partial charge on any atom is -0.351 e. The average molecular weight is 359 g/mol. The summed E-state index contributed by atoms with van der Waals surface area (Å²) >= 11 is 1.44. The number of benzene rings is 1. The van der Waals surface area contributed by atoms with E-state index in [2.05, 4.69) is 10.3 Å². The maximum absolute atomic E-state index is 12.5. The monoisotopic (exact) mass is 359 g/mol. The number of amides is 1. The molecule has 2 heterocycles. The van der Waals surface area contributed by atoms with Crippen LogP contribution in [0.1, 0.15) is 24.3 Å². The third-order valence-corrected chi connectivity index (χ3v) is 4.49. The number of carbonyl (C=O) groups is 1. The largest absolute Gasteiger partial charge is 0.351 e. The highest BCUT2D eigenvalue weighted by Gasteiger charge is 2.17. The fraction of sp³-hybridized carbons (Fsp3) is 0.333. The lowest BCUT2D eigenvalue weighted by Gasteiger charge is -2.17. The van der Waals surface area contributed by atoms with E-state index in [4.69, 9.17) is 9.47 Å². The van der Waals surface area contributed by atoms with E-state index in [1.54, 1.807) is 0 Å². The molecule has 0 aliphatic carbocycles. The summed E-state index contributed by atoms with van der Waals surface area (Å²) in [5.74, 6) is -0.173. The van der Waals surface area contributed by atoms with Crippen molar-refractivity contribution >= 4 is 22.2 Å². The molecule has 25 heavy (non-hydrogen) atoms. The van der Waals surface area contributed by atoms with E-state index < -0.39 is 6.29 Å². The first kappa shape index (κ1) is 17.6. The SMILES string of the molecule is CCOC(CNC(=O)c1csc2nc(-c3ccccc3)cn12)OCC. The Balaban J connectivity index is 1.74. The number of thiazole rings is 1. The Bertz CT molecular complexity index is 823. The molecular formula is C18H21N3O3S. The van der Waals surface area contributed by atoms with Gasteiger partial charge < -0.3 is 14.8 Å². The number of hydrogen-bond donors (Lipinski definition) is 1. The van der Waals surface area contributed by atoms with Gasteiger partial charge in [-0.25, -0.2) is 4.98 Å². The highest BCUT2D eigenvalue weighted by atomic mass is 32.1. The van der Waals surface area contributed by atoms with Gasteiger partial charge in [0.1, 0.15) is 5.69 Å². The topological polar surface area (TPSA) is 64.9 Å². The Labute approximate surface area is 150 Å². The molecule has 1 amide bonds. The molecule has 0 bridgehead atoms. The van der Waals surface area contributed by atoms with E-state index in [0.29, 0.717) is 25.5 Å². The standard InChI is InChI=1S/C18H21N3O3S/c1-3-23-16(24-4-2)10-19-17(22)15-12-25-18-20-14(11-21(15)18)13-8-6-5-7-9-13/h5-9,11-12,16H,3-4,10H2,1-2H3,(H,19,22). The van der Waals surface area contributed by atoms with Crippen LogP contribution in [0.3, 0.4) is 0 Å². The van der Waals surface area contributed by atoms with Crippen molar-refractivity contribution in [3.8, 4) is 11.3 Å². The summed E-state index contributed by atoms with van der Waals surface area (Å²) in [6, 6.07) is 9.91.